The first-order valence-corrected chi connectivity index (χ1v) is 9.67. The summed E-state index contributed by atoms with van der Waals surface area (Å²) < 4.78 is 21.4. The first-order chi connectivity index (χ1) is 14.7. The second-order valence-corrected chi connectivity index (χ2v) is 7.43. The van der Waals surface area contributed by atoms with Gasteiger partial charge in [0.2, 0.25) is 0 Å². The maximum Gasteiger partial charge on any atom is 0.251 e. The van der Waals surface area contributed by atoms with Gasteiger partial charge in [0.25, 0.3) is 5.91 Å². The molecule has 2 aliphatic rings. The maximum absolute atomic E-state index is 11.9. The fraction of sp³-hybridized carbons (Fsp3) is 0.632. The monoisotopic (exact) mass is 445 g/mol. The largest absolute Gasteiger partial charge is 0.388 e. The van der Waals surface area contributed by atoms with Gasteiger partial charge in [-0.25, -0.2) is 0 Å². The van der Waals surface area contributed by atoms with Crippen LogP contribution in [0.15, 0.2) is 30.3 Å². The minimum absolute atomic E-state index is 0.290. The Morgan fingerprint density at radius 1 is 0.968 bits per heavy atom. The van der Waals surface area contributed by atoms with Gasteiger partial charge in [0, 0.05) is 0 Å². The van der Waals surface area contributed by atoms with Crippen LogP contribution in [-0.4, -0.2) is 105 Å². The van der Waals surface area contributed by atoms with Gasteiger partial charge in [-0.1, -0.05) is 30.3 Å². The number of primary amides is 1. The van der Waals surface area contributed by atoms with Gasteiger partial charge < -0.3 is 55.3 Å². The number of hydrogen-bond donors (Lipinski definition) is 7. The van der Waals surface area contributed by atoms with Crippen molar-refractivity contribution in [2.45, 2.75) is 61.4 Å². The van der Waals surface area contributed by atoms with Crippen LogP contribution in [0.5, 0.6) is 0 Å². The molecule has 10 atom stereocenters. The van der Waals surface area contributed by atoms with E-state index >= 15 is 0 Å². The number of hydrogen-bond acceptors (Lipinski definition) is 11. The standard InChI is InChI=1S/C19H27NO11/c20-17(27)16(8-4-2-1-3-5-8)31-19-15(26)13(24)12(23)10(30-19)7-29-18-14(25)11(22)9(21)6-28-18/h1-5,9-16,18-19,21-26H,6-7H2,(H2,20,27). The topological polar surface area (TPSA) is 201 Å². The smallest absolute Gasteiger partial charge is 0.251 e. The van der Waals surface area contributed by atoms with Crippen LogP contribution in [-0.2, 0) is 23.7 Å². The Morgan fingerprint density at radius 3 is 2.26 bits per heavy atom. The van der Waals surface area contributed by atoms with Crippen molar-refractivity contribution in [2.75, 3.05) is 13.2 Å². The maximum atomic E-state index is 11.9. The van der Waals surface area contributed by atoms with Crippen molar-refractivity contribution in [3.05, 3.63) is 35.9 Å². The summed E-state index contributed by atoms with van der Waals surface area (Å²) in [6, 6.07) is 8.19. The van der Waals surface area contributed by atoms with Crippen molar-refractivity contribution in [3.63, 3.8) is 0 Å². The van der Waals surface area contributed by atoms with Gasteiger partial charge in [0.1, 0.15) is 42.7 Å². The molecule has 0 bridgehead atoms. The highest BCUT2D eigenvalue weighted by Gasteiger charge is 2.47. The second-order valence-electron chi connectivity index (χ2n) is 7.43. The molecule has 10 unspecified atom stereocenters. The molecule has 8 N–H and O–H groups in total. The summed E-state index contributed by atoms with van der Waals surface area (Å²) in [5.74, 6) is -0.860. The lowest BCUT2D eigenvalue weighted by Gasteiger charge is -2.42. The van der Waals surface area contributed by atoms with E-state index in [1.54, 1.807) is 30.3 Å². The Hall–Kier alpha value is -1.71. The van der Waals surface area contributed by atoms with E-state index in [2.05, 4.69) is 0 Å². The molecule has 2 saturated heterocycles. The number of ether oxygens (including phenoxy) is 4. The zero-order chi connectivity index (χ0) is 22.7. The zero-order valence-electron chi connectivity index (χ0n) is 16.4. The summed E-state index contributed by atoms with van der Waals surface area (Å²) in [6.07, 6.45) is -14.8. The lowest BCUT2D eigenvalue weighted by molar-refractivity contribution is -0.326. The lowest BCUT2D eigenvalue weighted by atomic mass is 9.99. The summed E-state index contributed by atoms with van der Waals surface area (Å²) >= 11 is 0. The van der Waals surface area contributed by atoms with Gasteiger partial charge in [-0.2, -0.15) is 0 Å². The molecule has 1 aromatic rings. The van der Waals surface area contributed by atoms with E-state index in [1.807, 2.05) is 0 Å². The van der Waals surface area contributed by atoms with E-state index in [4.69, 9.17) is 24.7 Å². The minimum Gasteiger partial charge on any atom is -0.388 e. The van der Waals surface area contributed by atoms with Crippen LogP contribution >= 0.6 is 0 Å². The van der Waals surface area contributed by atoms with E-state index < -0.39 is 73.9 Å². The molecule has 0 aliphatic carbocycles. The highest BCUT2D eigenvalue weighted by molar-refractivity contribution is 5.80. The Morgan fingerprint density at radius 2 is 1.61 bits per heavy atom. The van der Waals surface area contributed by atoms with Crippen LogP contribution in [0.25, 0.3) is 0 Å². The molecule has 2 heterocycles. The Kier molecular flexibility index (Phi) is 7.93. The van der Waals surface area contributed by atoms with Crippen LogP contribution in [0.1, 0.15) is 11.7 Å². The minimum atomic E-state index is -1.71. The predicted octanol–water partition coefficient (Wildman–Crippen LogP) is -3.51. The van der Waals surface area contributed by atoms with E-state index in [-0.39, 0.29) is 6.61 Å². The average molecular weight is 445 g/mol. The molecule has 12 nitrogen and oxygen atoms in total. The summed E-state index contributed by atoms with van der Waals surface area (Å²) in [6.45, 7) is -0.733. The van der Waals surface area contributed by atoms with Crippen molar-refractivity contribution >= 4 is 5.91 Å². The highest BCUT2D eigenvalue weighted by atomic mass is 16.7. The average Bonchev–Trinajstić information content (AvgIpc) is 2.76. The predicted molar refractivity (Wildman–Crippen MR) is 99.9 cm³/mol. The van der Waals surface area contributed by atoms with Gasteiger partial charge in [0.15, 0.2) is 18.7 Å². The summed E-state index contributed by atoms with van der Waals surface area (Å²) in [7, 11) is 0. The highest BCUT2D eigenvalue weighted by Crippen LogP contribution is 2.28. The third kappa shape index (κ3) is 5.38. The zero-order valence-corrected chi connectivity index (χ0v) is 16.4. The molecule has 2 aliphatic heterocycles. The number of rotatable bonds is 7. The molecule has 0 aromatic heterocycles. The van der Waals surface area contributed by atoms with E-state index in [0.717, 1.165) is 0 Å². The summed E-state index contributed by atoms with van der Waals surface area (Å²) in [5, 5.41) is 59.8. The molecule has 0 saturated carbocycles. The van der Waals surface area contributed by atoms with Gasteiger partial charge in [-0.15, -0.1) is 0 Å². The van der Waals surface area contributed by atoms with Gasteiger partial charge in [-0.3, -0.25) is 4.79 Å². The fourth-order valence-electron chi connectivity index (χ4n) is 3.35. The SMILES string of the molecule is NC(=O)C(OC1OC(COC2OCC(O)C(O)C2O)C(O)C(O)C1O)c1ccccc1. The molecule has 12 heteroatoms. The summed E-state index contributed by atoms with van der Waals surface area (Å²) in [5.41, 5.74) is 5.79. The van der Waals surface area contributed by atoms with Crippen molar-refractivity contribution < 1.29 is 54.4 Å². The molecule has 1 aromatic carbocycles. The van der Waals surface area contributed by atoms with E-state index in [9.17, 15) is 35.4 Å². The van der Waals surface area contributed by atoms with Crippen molar-refractivity contribution in [1.29, 1.82) is 0 Å². The first kappa shape index (κ1) is 23.9. The number of carbonyl (C=O) groups excluding carboxylic acids is 1. The van der Waals surface area contributed by atoms with Crippen molar-refractivity contribution in [2.24, 2.45) is 5.73 Å². The Labute approximate surface area is 177 Å². The first-order valence-electron chi connectivity index (χ1n) is 9.67. The van der Waals surface area contributed by atoms with Gasteiger partial charge in [-0.05, 0) is 5.56 Å². The van der Waals surface area contributed by atoms with Crippen LogP contribution in [0.3, 0.4) is 0 Å². The third-order valence-electron chi connectivity index (χ3n) is 5.18. The number of carbonyl (C=O) groups is 1. The number of aliphatic hydroxyl groups is 6. The van der Waals surface area contributed by atoms with Crippen LogP contribution in [0.4, 0.5) is 0 Å². The normalized spacial score (nSPS) is 39.7. The molecular formula is C19H27NO11. The van der Waals surface area contributed by atoms with Gasteiger partial charge in [0.05, 0.1) is 13.2 Å². The number of aliphatic hydroxyl groups excluding tert-OH is 6. The quantitative estimate of drug-likeness (QED) is 0.219. The Bertz CT molecular complexity index is 722. The molecule has 2 fully saturated rings. The summed E-state index contributed by atoms with van der Waals surface area (Å²) in [4.78, 5) is 11.9. The van der Waals surface area contributed by atoms with Crippen LogP contribution in [0.2, 0.25) is 0 Å². The second kappa shape index (κ2) is 10.3. The number of benzene rings is 1. The molecule has 31 heavy (non-hydrogen) atoms. The molecule has 3 rings (SSSR count). The number of nitrogens with two attached hydrogens (primary N) is 1. The number of amides is 1. The van der Waals surface area contributed by atoms with Crippen molar-refractivity contribution in [3.8, 4) is 0 Å². The third-order valence-corrected chi connectivity index (χ3v) is 5.18. The molecule has 1 amide bonds. The fourth-order valence-corrected chi connectivity index (χ4v) is 3.35. The van der Waals surface area contributed by atoms with Gasteiger partial charge >= 0.3 is 0 Å². The Balaban J connectivity index is 1.66. The van der Waals surface area contributed by atoms with Crippen molar-refractivity contribution in [1.82, 2.24) is 0 Å². The lowest BCUT2D eigenvalue weighted by Crippen LogP contribution is -2.60. The van der Waals surface area contributed by atoms with E-state index in [1.165, 1.54) is 0 Å². The molecular weight excluding hydrogens is 418 g/mol. The van der Waals surface area contributed by atoms with Crippen LogP contribution in [0, 0.1) is 0 Å². The molecule has 0 radical (unpaired) electrons. The van der Waals surface area contributed by atoms with Crippen LogP contribution < -0.4 is 5.73 Å². The van der Waals surface area contributed by atoms with E-state index in [0.29, 0.717) is 5.56 Å². The molecule has 0 spiro atoms. The molecule has 174 valence electrons.